The molecule has 14 heavy (non-hydrogen) atoms. The molecule has 0 N–H and O–H groups in total. The second-order valence-corrected chi connectivity index (χ2v) is 4.13. The van der Waals surface area contributed by atoms with Crippen molar-refractivity contribution in [3.63, 3.8) is 0 Å². The van der Waals surface area contributed by atoms with Gasteiger partial charge in [0.25, 0.3) is 0 Å². The number of carbonyl (C=O) groups excluding carboxylic acids is 1. The molecule has 0 unspecified atom stereocenters. The number of halogens is 2. The molecule has 1 aliphatic heterocycles. The highest BCUT2D eigenvalue weighted by atomic mass is 79.9. The maximum atomic E-state index is 11.1. The van der Waals surface area contributed by atoms with E-state index in [9.17, 15) is 4.79 Å². The van der Waals surface area contributed by atoms with Gasteiger partial charge in [0.1, 0.15) is 10.2 Å². The fourth-order valence-electron chi connectivity index (χ4n) is 0.983. The van der Waals surface area contributed by atoms with Crippen molar-refractivity contribution in [2.45, 2.75) is 0 Å². The molecule has 3 nitrogen and oxygen atoms in total. The van der Waals surface area contributed by atoms with Gasteiger partial charge in [-0.1, -0.05) is 0 Å². The summed E-state index contributed by atoms with van der Waals surface area (Å²) in [6, 6.07) is 3.53. The smallest absolute Gasteiger partial charge is 0.351 e. The van der Waals surface area contributed by atoms with Crippen LogP contribution in [0.15, 0.2) is 37.5 Å². The van der Waals surface area contributed by atoms with Gasteiger partial charge in [0.05, 0.1) is 10.7 Å². The van der Waals surface area contributed by atoms with Crippen LogP contribution in [-0.2, 0) is 9.53 Å². The highest BCUT2D eigenvalue weighted by Crippen LogP contribution is 2.35. The van der Waals surface area contributed by atoms with Gasteiger partial charge in [-0.15, -0.1) is 0 Å². The van der Waals surface area contributed by atoms with Gasteiger partial charge in [0.2, 0.25) is 0 Å². The number of ether oxygens (including phenoxy) is 1. The maximum absolute atomic E-state index is 11.1. The lowest BCUT2D eigenvalue weighted by molar-refractivity contribution is -0.132. The first kappa shape index (κ1) is 9.73. The number of furan rings is 1. The minimum atomic E-state index is -0.408. The van der Waals surface area contributed by atoms with Crippen molar-refractivity contribution in [2.24, 2.45) is 0 Å². The number of rotatable bonds is 1. The average molecular weight is 320 g/mol. The van der Waals surface area contributed by atoms with Crippen LogP contribution < -0.4 is 0 Å². The Hall–Kier alpha value is -0.810. The van der Waals surface area contributed by atoms with E-state index in [1.54, 1.807) is 24.5 Å². The monoisotopic (exact) mass is 318 g/mol. The molecule has 1 aromatic rings. The molecule has 0 aromatic carbocycles. The zero-order chi connectivity index (χ0) is 10.1. The molecule has 1 aromatic heterocycles. The molecule has 5 heteroatoms. The third-order valence-corrected chi connectivity index (χ3v) is 3.65. The summed E-state index contributed by atoms with van der Waals surface area (Å²) in [5.74, 6) is 0.665. The van der Waals surface area contributed by atoms with E-state index in [0.29, 0.717) is 20.5 Å². The maximum Gasteiger partial charge on any atom is 0.351 e. The average Bonchev–Trinajstić information content (AvgIpc) is 2.73. The van der Waals surface area contributed by atoms with Crippen molar-refractivity contribution in [3.05, 3.63) is 38.9 Å². The molecule has 0 fully saturated rings. The number of hydrogen-bond donors (Lipinski definition) is 0. The van der Waals surface area contributed by atoms with Gasteiger partial charge in [-0.05, 0) is 44.0 Å². The minimum Gasteiger partial charge on any atom is -0.465 e. The Kier molecular flexibility index (Phi) is 2.60. The predicted octanol–water partition coefficient (Wildman–Crippen LogP) is 3.18. The van der Waals surface area contributed by atoms with E-state index < -0.39 is 5.97 Å². The summed E-state index contributed by atoms with van der Waals surface area (Å²) in [6.07, 6.45) is 3.19. The fourth-order valence-corrected chi connectivity index (χ4v) is 1.62. The van der Waals surface area contributed by atoms with Crippen LogP contribution in [0.1, 0.15) is 5.76 Å². The Labute approximate surface area is 96.7 Å². The number of allylic oxidation sites excluding steroid dienone is 1. The molecular formula is C9H4Br2O3. The van der Waals surface area contributed by atoms with Crippen LogP contribution in [0.3, 0.4) is 0 Å². The van der Waals surface area contributed by atoms with Crippen LogP contribution in [0.4, 0.5) is 0 Å². The van der Waals surface area contributed by atoms with Crippen molar-refractivity contribution in [1.82, 2.24) is 0 Å². The second kappa shape index (κ2) is 3.74. The zero-order valence-corrected chi connectivity index (χ0v) is 9.96. The lowest BCUT2D eigenvalue weighted by atomic mass is 10.3. The summed E-state index contributed by atoms with van der Waals surface area (Å²) in [7, 11) is 0. The molecule has 1 aliphatic rings. The number of esters is 1. The summed E-state index contributed by atoms with van der Waals surface area (Å²) < 4.78 is 11.0. The molecule has 0 aliphatic carbocycles. The van der Waals surface area contributed by atoms with Gasteiger partial charge in [0.15, 0.2) is 5.76 Å². The van der Waals surface area contributed by atoms with Crippen molar-refractivity contribution < 1.29 is 13.9 Å². The largest absolute Gasteiger partial charge is 0.465 e. The lowest BCUT2D eigenvalue weighted by Gasteiger charge is -1.95. The molecule has 0 amide bonds. The molecule has 0 saturated heterocycles. The van der Waals surface area contributed by atoms with Gasteiger partial charge in [0, 0.05) is 6.08 Å². The Morgan fingerprint density at radius 1 is 1.29 bits per heavy atom. The number of carbonyl (C=O) groups is 1. The van der Waals surface area contributed by atoms with Crippen molar-refractivity contribution in [3.8, 4) is 0 Å². The van der Waals surface area contributed by atoms with Crippen LogP contribution in [0.2, 0.25) is 0 Å². The number of cyclic esters (lactones) is 1. The number of hydrogen-bond acceptors (Lipinski definition) is 3. The normalized spacial score (nSPS) is 19.3. The third-order valence-electron chi connectivity index (χ3n) is 1.61. The Balaban J connectivity index is 2.35. The first-order chi connectivity index (χ1) is 6.68. The van der Waals surface area contributed by atoms with E-state index in [2.05, 4.69) is 31.9 Å². The van der Waals surface area contributed by atoms with Crippen molar-refractivity contribution in [1.29, 1.82) is 0 Å². The van der Waals surface area contributed by atoms with Gasteiger partial charge in [-0.25, -0.2) is 4.79 Å². The van der Waals surface area contributed by atoms with Gasteiger partial charge >= 0.3 is 5.97 Å². The molecule has 2 heterocycles. The first-order valence-corrected chi connectivity index (χ1v) is 5.30. The summed E-state index contributed by atoms with van der Waals surface area (Å²) >= 11 is 6.33. The topological polar surface area (TPSA) is 39.4 Å². The quantitative estimate of drug-likeness (QED) is 0.746. The van der Waals surface area contributed by atoms with E-state index in [-0.39, 0.29) is 0 Å². The van der Waals surface area contributed by atoms with Crippen LogP contribution in [-0.4, -0.2) is 5.97 Å². The van der Waals surface area contributed by atoms with E-state index >= 15 is 0 Å². The molecular weight excluding hydrogens is 316 g/mol. The van der Waals surface area contributed by atoms with Gasteiger partial charge in [-0.3, -0.25) is 0 Å². The Bertz CT molecular complexity index is 429. The highest BCUT2D eigenvalue weighted by Gasteiger charge is 2.26. The molecule has 0 bridgehead atoms. The summed E-state index contributed by atoms with van der Waals surface area (Å²) in [5.41, 5.74) is 0. The van der Waals surface area contributed by atoms with E-state index in [0.717, 1.165) is 0 Å². The zero-order valence-electron chi connectivity index (χ0n) is 6.79. The van der Waals surface area contributed by atoms with Crippen LogP contribution in [0, 0.1) is 0 Å². The van der Waals surface area contributed by atoms with Crippen LogP contribution >= 0.6 is 31.9 Å². The highest BCUT2D eigenvalue weighted by molar-refractivity contribution is 9.14. The fraction of sp³-hybridized carbons (Fsp3) is 0. The summed E-state index contributed by atoms with van der Waals surface area (Å²) in [5, 5.41) is 0. The van der Waals surface area contributed by atoms with Crippen molar-refractivity contribution in [2.75, 3.05) is 0 Å². The molecule has 0 saturated carbocycles. The molecule has 0 atom stereocenters. The van der Waals surface area contributed by atoms with Crippen LogP contribution in [0.25, 0.3) is 6.08 Å². The SMILES string of the molecule is O=C1O/C(=C\c2ccco2)C(Br)=C1Br. The third kappa shape index (κ3) is 1.69. The Morgan fingerprint density at radius 3 is 2.57 bits per heavy atom. The lowest BCUT2D eigenvalue weighted by Crippen LogP contribution is -1.92. The first-order valence-electron chi connectivity index (χ1n) is 3.71. The van der Waals surface area contributed by atoms with E-state index in [4.69, 9.17) is 9.15 Å². The summed E-state index contributed by atoms with van der Waals surface area (Å²) in [4.78, 5) is 11.1. The standard InChI is InChI=1S/C9H4Br2O3/c10-7-6(14-9(12)8(7)11)4-5-2-1-3-13-5/h1-4H/b6-4-. The second-order valence-electron chi connectivity index (χ2n) is 2.54. The van der Waals surface area contributed by atoms with Crippen LogP contribution in [0.5, 0.6) is 0 Å². The van der Waals surface area contributed by atoms with Crippen molar-refractivity contribution >= 4 is 43.9 Å². The van der Waals surface area contributed by atoms with Gasteiger partial charge < -0.3 is 9.15 Å². The van der Waals surface area contributed by atoms with E-state index in [1.807, 2.05) is 0 Å². The molecule has 2 rings (SSSR count). The molecule has 0 radical (unpaired) electrons. The summed E-state index contributed by atoms with van der Waals surface area (Å²) in [6.45, 7) is 0. The predicted molar refractivity (Wildman–Crippen MR) is 57.7 cm³/mol. The minimum absolute atomic E-state index is 0.385. The molecule has 0 spiro atoms. The van der Waals surface area contributed by atoms with Gasteiger partial charge in [-0.2, -0.15) is 0 Å². The molecule has 72 valence electrons. The van der Waals surface area contributed by atoms with E-state index in [1.165, 1.54) is 0 Å². The Morgan fingerprint density at radius 2 is 2.07 bits per heavy atom.